The van der Waals surface area contributed by atoms with Gasteiger partial charge in [0, 0.05) is 24.6 Å². The van der Waals surface area contributed by atoms with Crippen molar-refractivity contribution in [3.8, 4) is 11.5 Å². The molecule has 4 rings (SSSR count). The topological polar surface area (TPSA) is 51.0 Å². The number of aromatic nitrogens is 2. The minimum Gasteiger partial charge on any atom is -0.334 e. The smallest absolute Gasteiger partial charge is 0.257 e. The number of nitrogens with zero attached hydrogens (tertiary/aromatic N) is 2. The monoisotopic (exact) mass is 255 g/mol. The maximum atomic E-state index is 5.42. The fourth-order valence-electron chi connectivity index (χ4n) is 2.83. The second-order valence-corrected chi connectivity index (χ2v) is 6.29. The number of rotatable bonds is 2. The molecule has 19 heavy (non-hydrogen) atoms. The molecular weight excluding hydrogens is 238 g/mol. The first-order chi connectivity index (χ1) is 9.13. The summed E-state index contributed by atoms with van der Waals surface area (Å²) in [5.74, 6) is 1.96. The van der Waals surface area contributed by atoms with E-state index in [9.17, 15) is 0 Å². The van der Waals surface area contributed by atoms with Crippen LogP contribution < -0.4 is 5.32 Å². The number of fused-ring (bicyclic) bond motifs is 1. The van der Waals surface area contributed by atoms with E-state index in [0.717, 1.165) is 30.9 Å². The largest absolute Gasteiger partial charge is 0.334 e. The van der Waals surface area contributed by atoms with Crippen molar-refractivity contribution in [1.82, 2.24) is 15.5 Å². The molecule has 1 N–H and O–H groups in total. The van der Waals surface area contributed by atoms with Gasteiger partial charge < -0.3 is 9.84 Å². The molecule has 1 saturated carbocycles. The summed E-state index contributed by atoms with van der Waals surface area (Å²) in [5, 5.41) is 7.49. The van der Waals surface area contributed by atoms with Crippen molar-refractivity contribution in [2.24, 2.45) is 5.41 Å². The van der Waals surface area contributed by atoms with Gasteiger partial charge >= 0.3 is 0 Å². The van der Waals surface area contributed by atoms with Gasteiger partial charge in [-0.15, -0.1) is 0 Å². The first-order valence-corrected chi connectivity index (χ1v) is 6.80. The molecule has 0 radical (unpaired) electrons. The van der Waals surface area contributed by atoms with Crippen LogP contribution in [-0.4, -0.2) is 10.1 Å². The van der Waals surface area contributed by atoms with E-state index in [2.05, 4.69) is 47.5 Å². The molecule has 2 aromatic rings. The van der Waals surface area contributed by atoms with Crippen molar-refractivity contribution in [3.05, 3.63) is 35.2 Å². The van der Waals surface area contributed by atoms with Crippen LogP contribution in [0.2, 0.25) is 0 Å². The van der Waals surface area contributed by atoms with Crippen molar-refractivity contribution < 1.29 is 4.52 Å². The highest BCUT2D eigenvalue weighted by molar-refractivity contribution is 5.56. The lowest BCUT2D eigenvalue weighted by molar-refractivity contribution is 0.419. The van der Waals surface area contributed by atoms with E-state index >= 15 is 0 Å². The molecule has 4 heteroatoms. The summed E-state index contributed by atoms with van der Waals surface area (Å²) in [6, 6.07) is 6.38. The van der Waals surface area contributed by atoms with E-state index in [1.807, 2.05) is 0 Å². The summed E-state index contributed by atoms with van der Waals surface area (Å²) in [5.41, 5.74) is 4.07. The van der Waals surface area contributed by atoms with Gasteiger partial charge in [-0.3, -0.25) is 0 Å². The molecule has 1 aliphatic heterocycles. The van der Waals surface area contributed by atoms with Crippen molar-refractivity contribution in [2.75, 3.05) is 0 Å². The maximum Gasteiger partial charge on any atom is 0.257 e. The van der Waals surface area contributed by atoms with Gasteiger partial charge in [0.15, 0.2) is 5.82 Å². The highest BCUT2D eigenvalue weighted by atomic mass is 16.5. The normalized spacial score (nSPS) is 23.4. The Kier molecular flexibility index (Phi) is 2.16. The third kappa shape index (κ3) is 1.78. The Balaban J connectivity index is 1.66. The lowest BCUT2D eigenvalue weighted by Gasteiger charge is -1.99. The zero-order valence-electron chi connectivity index (χ0n) is 11.2. The van der Waals surface area contributed by atoms with E-state index in [0.29, 0.717) is 17.2 Å². The molecule has 98 valence electrons. The molecule has 4 nitrogen and oxygen atoms in total. The molecule has 0 bridgehead atoms. The summed E-state index contributed by atoms with van der Waals surface area (Å²) < 4.78 is 5.42. The molecule has 0 spiro atoms. The van der Waals surface area contributed by atoms with Gasteiger partial charge in [-0.2, -0.15) is 4.98 Å². The Morgan fingerprint density at radius 3 is 2.84 bits per heavy atom. The lowest BCUT2D eigenvalue weighted by Crippen LogP contribution is -1.99. The summed E-state index contributed by atoms with van der Waals surface area (Å²) >= 11 is 0. The number of hydrogen-bond acceptors (Lipinski definition) is 4. The number of hydrogen-bond donors (Lipinski definition) is 1. The van der Waals surface area contributed by atoms with E-state index < -0.39 is 0 Å². The molecule has 2 heterocycles. The SMILES string of the molecule is CC1(C)CC1c1noc(-c2ccc3c(c2)CNC3)n1. The Morgan fingerprint density at radius 2 is 2.05 bits per heavy atom. The van der Waals surface area contributed by atoms with Gasteiger partial charge in [-0.25, -0.2) is 0 Å². The summed E-state index contributed by atoms with van der Waals surface area (Å²) in [4.78, 5) is 4.57. The van der Waals surface area contributed by atoms with Crippen LogP contribution in [0.5, 0.6) is 0 Å². The van der Waals surface area contributed by atoms with Crippen LogP contribution in [0.3, 0.4) is 0 Å². The van der Waals surface area contributed by atoms with Gasteiger partial charge in [-0.1, -0.05) is 25.1 Å². The Labute approximate surface area is 112 Å². The molecule has 0 saturated heterocycles. The first kappa shape index (κ1) is 11.2. The number of benzene rings is 1. The van der Waals surface area contributed by atoms with Gasteiger partial charge in [0.05, 0.1) is 0 Å². The van der Waals surface area contributed by atoms with Crippen LogP contribution >= 0.6 is 0 Å². The molecule has 1 fully saturated rings. The van der Waals surface area contributed by atoms with Gasteiger partial charge in [0.25, 0.3) is 5.89 Å². The zero-order valence-corrected chi connectivity index (χ0v) is 11.2. The van der Waals surface area contributed by atoms with Crippen LogP contribution in [0.15, 0.2) is 22.7 Å². The molecular formula is C15H17N3O. The molecule has 0 amide bonds. The second-order valence-electron chi connectivity index (χ2n) is 6.29. The fraction of sp³-hybridized carbons (Fsp3) is 0.467. The molecule has 1 aromatic carbocycles. The summed E-state index contributed by atoms with van der Waals surface area (Å²) in [6.07, 6.45) is 1.15. The molecule has 1 unspecified atom stereocenters. The van der Waals surface area contributed by atoms with Crippen LogP contribution in [0.1, 0.15) is 43.1 Å². The molecule has 1 aliphatic carbocycles. The third-order valence-corrected chi connectivity index (χ3v) is 4.35. The van der Waals surface area contributed by atoms with Crippen molar-refractivity contribution in [3.63, 3.8) is 0 Å². The van der Waals surface area contributed by atoms with Crippen molar-refractivity contribution in [2.45, 2.75) is 39.3 Å². The highest BCUT2D eigenvalue weighted by Crippen LogP contribution is 2.57. The van der Waals surface area contributed by atoms with Crippen LogP contribution in [0.4, 0.5) is 0 Å². The molecule has 1 atom stereocenters. The Hall–Kier alpha value is -1.68. The Bertz CT molecular complexity index is 645. The fourth-order valence-corrected chi connectivity index (χ4v) is 2.83. The lowest BCUT2D eigenvalue weighted by atomic mass is 10.1. The van der Waals surface area contributed by atoms with Crippen LogP contribution in [0, 0.1) is 5.41 Å². The Morgan fingerprint density at radius 1 is 1.26 bits per heavy atom. The van der Waals surface area contributed by atoms with Gasteiger partial charge in [0.1, 0.15) is 0 Å². The van der Waals surface area contributed by atoms with E-state index in [1.54, 1.807) is 0 Å². The standard InChI is InChI=1S/C15H17N3O/c1-15(2)6-12(15)13-17-14(19-18-13)9-3-4-10-7-16-8-11(10)5-9/h3-5,12,16H,6-8H2,1-2H3. The van der Waals surface area contributed by atoms with Gasteiger partial charge in [-0.05, 0) is 35.1 Å². The maximum absolute atomic E-state index is 5.42. The van der Waals surface area contributed by atoms with Crippen molar-refractivity contribution in [1.29, 1.82) is 0 Å². The average molecular weight is 255 g/mol. The van der Waals surface area contributed by atoms with E-state index in [-0.39, 0.29) is 0 Å². The molecule has 1 aromatic heterocycles. The average Bonchev–Trinajstić information content (AvgIpc) is 2.84. The van der Waals surface area contributed by atoms with Crippen LogP contribution in [-0.2, 0) is 13.1 Å². The van der Waals surface area contributed by atoms with E-state index in [4.69, 9.17) is 4.52 Å². The predicted molar refractivity (Wildman–Crippen MR) is 71.4 cm³/mol. The quantitative estimate of drug-likeness (QED) is 0.896. The minimum atomic E-state index is 0.336. The number of nitrogens with one attached hydrogen (secondary N) is 1. The molecule has 2 aliphatic rings. The highest BCUT2D eigenvalue weighted by Gasteiger charge is 2.49. The summed E-state index contributed by atoms with van der Waals surface area (Å²) in [6.45, 7) is 6.38. The third-order valence-electron chi connectivity index (χ3n) is 4.35. The minimum absolute atomic E-state index is 0.336. The summed E-state index contributed by atoms with van der Waals surface area (Å²) in [7, 11) is 0. The first-order valence-electron chi connectivity index (χ1n) is 6.80. The van der Waals surface area contributed by atoms with E-state index in [1.165, 1.54) is 11.1 Å². The second kappa shape index (κ2) is 3.67. The zero-order chi connectivity index (χ0) is 13.0. The van der Waals surface area contributed by atoms with Gasteiger partial charge in [0.2, 0.25) is 0 Å². The predicted octanol–water partition coefficient (Wildman–Crippen LogP) is 2.85. The van der Waals surface area contributed by atoms with Crippen molar-refractivity contribution >= 4 is 0 Å². The van der Waals surface area contributed by atoms with Crippen LogP contribution in [0.25, 0.3) is 11.5 Å².